The molecule has 0 unspecified atom stereocenters. The fourth-order valence-electron chi connectivity index (χ4n) is 1.91. The molecule has 0 radical (unpaired) electrons. The molecule has 0 saturated heterocycles. The van der Waals surface area contributed by atoms with E-state index >= 15 is 0 Å². The predicted octanol–water partition coefficient (Wildman–Crippen LogP) is 4.58. The third-order valence-corrected chi connectivity index (χ3v) is 3.53. The summed E-state index contributed by atoms with van der Waals surface area (Å²) in [5.74, 6) is -0.998. The Morgan fingerprint density at radius 3 is 2.16 bits per heavy atom. The standard InChI is InChI=1S/C15H11BrF2O/c1-8-5-10(6-9(2)14(8)18)15(19)12-4-3-11(17)7-13(12)16/h3-7H,1-2H3. The summed E-state index contributed by atoms with van der Waals surface area (Å²) < 4.78 is 26.9. The van der Waals surface area contributed by atoms with Crippen molar-refractivity contribution >= 4 is 21.7 Å². The molecule has 0 spiro atoms. The maximum absolute atomic E-state index is 13.5. The molecule has 1 nitrogen and oxygen atoms in total. The molecule has 4 heteroatoms. The van der Waals surface area contributed by atoms with Crippen molar-refractivity contribution in [3.05, 3.63) is 68.7 Å². The lowest BCUT2D eigenvalue weighted by Crippen LogP contribution is -2.05. The number of aryl methyl sites for hydroxylation is 2. The molecule has 2 rings (SSSR count). The molecule has 19 heavy (non-hydrogen) atoms. The first kappa shape index (κ1) is 13.9. The molecule has 0 bridgehead atoms. The Kier molecular flexibility index (Phi) is 3.80. The average molecular weight is 325 g/mol. The molecular formula is C15H11BrF2O. The first-order valence-electron chi connectivity index (χ1n) is 5.66. The van der Waals surface area contributed by atoms with Crippen LogP contribution in [0.25, 0.3) is 0 Å². The van der Waals surface area contributed by atoms with Crippen LogP contribution in [0.1, 0.15) is 27.0 Å². The van der Waals surface area contributed by atoms with Crippen LogP contribution in [0.15, 0.2) is 34.8 Å². The summed E-state index contributed by atoms with van der Waals surface area (Å²) in [5.41, 5.74) is 1.58. The van der Waals surface area contributed by atoms with Crippen LogP contribution >= 0.6 is 15.9 Å². The van der Waals surface area contributed by atoms with Gasteiger partial charge in [-0.05, 0) is 71.2 Å². The van der Waals surface area contributed by atoms with Gasteiger partial charge in [-0.25, -0.2) is 8.78 Å². The molecule has 0 aromatic heterocycles. The third-order valence-electron chi connectivity index (χ3n) is 2.87. The van der Waals surface area contributed by atoms with E-state index in [1.54, 1.807) is 13.8 Å². The summed E-state index contributed by atoms with van der Waals surface area (Å²) >= 11 is 3.16. The number of benzene rings is 2. The van der Waals surface area contributed by atoms with Crippen molar-refractivity contribution in [2.24, 2.45) is 0 Å². The van der Waals surface area contributed by atoms with E-state index in [-0.39, 0.29) is 11.6 Å². The average Bonchev–Trinajstić information content (AvgIpc) is 2.34. The molecule has 0 aliphatic carbocycles. The van der Waals surface area contributed by atoms with Crippen LogP contribution in [0, 0.1) is 25.5 Å². The van der Waals surface area contributed by atoms with E-state index in [0.717, 1.165) is 0 Å². The fraction of sp³-hybridized carbons (Fsp3) is 0.133. The number of carbonyl (C=O) groups is 1. The summed E-state index contributed by atoms with van der Waals surface area (Å²) in [5, 5.41) is 0. The number of hydrogen-bond acceptors (Lipinski definition) is 1. The molecule has 0 heterocycles. The normalized spacial score (nSPS) is 10.6. The highest BCUT2D eigenvalue weighted by atomic mass is 79.9. The Hall–Kier alpha value is -1.55. The number of carbonyl (C=O) groups excluding carboxylic acids is 1. The topological polar surface area (TPSA) is 17.1 Å². The van der Waals surface area contributed by atoms with E-state index in [4.69, 9.17) is 0 Å². The molecule has 0 aliphatic rings. The van der Waals surface area contributed by atoms with Crippen molar-refractivity contribution in [3.63, 3.8) is 0 Å². The van der Waals surface area contributed by atoms with Gasteiger partial charge in [-0.2, -0.15) is 0 Å². The highest BCUT2D eigenvalue weighted by Gasteiger charge is 2.15. The molecular weight excluding hydrogens is 314 g/mol. The summed E-state index contributed by atoms with van der Waals surface area (Å²) in [7, 11) is 0. The molecule has 0 fully saturated rings. The Morgan fingerprint density at radius 1 is 1.05 bits per heavy atom. The van der Waals surface area contributed by atoms with Crippen molar-refractivity contribution in [2.75, 3.05) is 0 Å². The largest absolute Gasteiger partial charge is 0.289 e. The lowest BCUT2D eigenvalue weighted by Gasteiger charge is -2.07. The predicted molar refractivity (Wildman–Crippen MR) is 73.4 cm³/mol. The third kappa shape index (κ3) is 2.73. The maximum Gasteiger partial charge on any atom is 0.194 e. The van der Waals surface area contributed by atoms with Gasteiger partial charge in [0.15, 0.2) is 5.78 Å². The van der Waals surface area contributed by atoms with Gasteiger partial charge in [0, 0.05) is 15.6 Å². The molecule has 2 aromatic rings. The van der Waals surface area contributed by atoms with Gasteiger partial charge >= 0.3 is 0 Å². The van der Waals surface area contributed by atoms with Gasteiger partial charge in [-0.15, -0.1) is 0 Å². The fourth-order valence-corrected chi connectivity index (χ4v) is 2.44. The first-order chi connectivity index (χ1) is 8.90. The van der Waals surface area contributed by atoms with Crippen LogP contribution in [0.4, 0.5) is 8.78 Å². The van der Waals surface area contributed by atoms with Crippen LogP contribution in [0.2, 0.25) is 0 Å². The van der Waals surface area contributed by atoms with E-state index in [9.17, 15) is 13.6 Å². The zero-order valence-electron chi connectivity index (χ0n) is 10.4. The van der Waals surface area contributed by atoms with Gasteiger partial charge in [0.25, 0.3) is 0 Å². The van der Waals surface area contributed by atoms with Gasteiger partial charge in [0.05, 0.1) is 0 Å². The number of ketones is 1. The highest BCUT2D eigenvalue weighted by molar-refractivity contribution is 9.10. The zero-order valence-corrected chi connectivity index (χ0v) is 12.0. The van der Waals surface area contributed by atoms with E-state index in [2.05, 4.69) is 15.9 Å². The minimum absolute atomic E-state index is 0.266. The summed E-state index contributed by atoms with van der Waals surface area (Å²) in [6, 6.07) is 6.87. The van der Waals surface area contributed by atoms with Gasteiger partial charge in [-0.1, -0.05) is 0 Å². The lowest BCUT2D eigenvalue weighted by molar-refractivity contribution is 0.103. The van der Waals surface area contributed by atoms with Crippen LogP contribution < -0.4 is 0 Å². The van der Waals surface area contributed by atoms with Crippen molar-refractivity contribution < 1.29 is 13.6 Å². The van der Waals surface area contributed by atoms with Crippen LogP contribution in [-0.4, -0.2) is 5.78 Å². The van der Waals surface area contributed by atoms with Gasteiger partial charge in [0.2, 0.25) is 0 Å². The SMILES string of the molecule is Cc1cc(C(=O)c2ccc(F)cc2Br)cc(C)c1F. The van der Waals surface area contributed by atoms with E-state index in [0.29, 0.717) is 26.7 Å². The van der Waals surface area contributed by atoms with Gasteiger partial charge < -0.3 is 0 Å². The summed E-state index contributed by atoms with van der Waals surface area (Å²) in [6.45, 7) is 3.22. The number of hydrogen-bond donors (Lipinski definition) is 0. The molecule has 2 aromatic carbocycles. The van der Waals surface area contributed by atoms with E-state index < -0.39 is 5.82 Å². The monoisotopic (exact) mass is 324 g/mol. The number of halogens is 3. The van der Waals surface area contributed by atoms with Crippen molar-refractivity contribution in [1.29, 1.82) is 0 Å². The van der Waals surface area contributed by atoms with Crippen molar-refractivity contribution in [3.8, 4) is 0 Å². The second-order valence-electron chi connectivity index (χ2n) is 4.38. The summed E-state index contributed by atoms with van der Waals surface area (Å²) in [4.78, 5) is 12.3. The second kappa shape index (κ2) is 5.21. The smallest absolute Gasteiger partial charge is 0.194 e. The minimum atomic E-state index is -0.421. The van der Waals surface area contributed by atoms with Gasteiger partial charge in [-0.3, -0.25) is 4.79 Å². The van der Waals surface area contributed by atoms with E-state index in [1.165, 1.54) is 30.3 Å². The Morgan fingerprint density at radius 2 is 1.63 bits per heavy atom. The van der Waals surface area contributed by atoms with Crippen LogP contribution in [-0.2, 0) is 0 Å². The summed E-state index contributed by atoms with van der Waals surface area (Å²) in [6.07, 6.45) is 0. The van der Waals surface area contributed by atoms with Crippen LogP contribution in [0.3, 0.4) is 0 Å². The van der Waals surface area contributed by atoms with Crippen molar-refractivity contribution in [1.82, 2.24) is 0 Å². The molecule has 0 saturated carbocycles. The molecule has 98 valence electrons. The quantitative estimate of drug-likeness (QED) is 0.739. The van der Waals surface area contributed by atoms with E-state index in [1.807, 2.05) is 0 Å². The zero-order chi connectivity index (χ0) is 14.2. The molecule has 0 amide bonds. The Balaban J connectivity index is 2.50. The van der Waals surface area contributed by atoms with Crippen LogP contribution in [0.5, 0.6) is 0 Å². The highest BCUT2D eigenvalue weighted by Crippen LogP contribution is 2.23. The Bertz CT molecular complexity index is 642. The second-order valence-corrected chi connectivity index (χ2v) is 5.23. The lowest BCUT2D eigenvalue weighted by atomic mass is 9.99. The number of rotatable bonds is 2. The Labute approximate surface area is 118 Å². The molecule has 0 aliphatic heterocycles. The van der Waals surface area contributed by atoms with Crippen molar-refractivity contribution in [2.45, 2.75) is 13.8 Å². The van der Waals surface area contributed by atoms with Gasteiger partial charge in [0.1, 0.15) is 11.6 Å². The maximum atomic E-state index is 13.5. The molecule has 0 atom stereocenters. The minimum Gasteiger partial charge on any atom is -0.289 e. The molecule has 0 N–H and O–H groups in total. The first-order valence-corrected chi connectivity index (χ1v) is 6.46.